The topological polar surface area (TPSA) is 19.4 Å². The lowest BCUT2D eigenvalue weighted by molar-refractivity contribution is 0.176. The van der Waals surface area contributed by atoms with Gasteiger partial charge in [0, 0.05) is 31.4 Å². The molecule has 0 aromatic carbocycles. The zero-order valence-corrected chi connectivity index (χ0v) is 11.4. The zero-order valence-electron chi connectivity index (χ0n) is 11.4. The highest BCUT2D eigenvalue weighted by atomic mass is 15.3. The summed E-state index contributed by atoms with van der Waals surface area (Å²) in [5, 5.41) is 0. The van der Waals surface area contributed by atoms with Gasteiger partial charge >= 0.3 is 0 Å². The molecule has 2 aliphatic heterocycles. The van der Waals surface area contributed by atoms with Crippen LogP contribution in [0.2, 0.25) is 0 Å². The molecular formula is C15H23N3. The minimum atomic E-state index is 0.628. The molecule has 3 heteroatoms. The first-order valence-corrected chi connectivity index (χ1v) is 7.16. The normalized spacial score (nSPS) is 28.7. The SMILES string of the molecule is CC(C)C1CN2CCCC2CN1c1cccnc1. The van der Waals surface area contributed by atoms with E-state index in [0.29, 0.717) is 12.0 Å². The molecule has 3 nitrogen and oxygen atoms in total. The van der Waals surface area contributed by atoms with Gasteiger partial charge in [0.15, 0.2) is 0 Å². The number of nitrogens with zero attached hydrogens (tertiary/aromatic N) is 3. The van der Waals surface area contributed by atoms with Gasteiger partial charge in [0.2, 0.25) is 0 Å². The van der Waals surface area contributed by atoms with Crippen LogP contribution in [0.4, 0.5) is 5.69 Å². The average Bonchev–Trinajstić information content (AvgIpc) is 2.85. The van der Waals surface area contributed by atoms with E-state index >= 15 is 0 Å². The molecule has 1 aromatic rings. The number of hydrogen-bond donors (Lipinski definition) is 0. The first-order valence-electron chi connectivity index (χ1n) is 7.16. The molecule has 98 valence electrons. The summed E-state index contributed by atoms with van der Waals surface area (Å²) in [4.78, 5) is 9.56. The standard InChI is InChI=1S/C15H23N3/c1-12(2)15-11-17-8-4-6-14(17)10-18(15)13-5-3-7-16-9-13/h3,5,7,9,12,14-15H,4,6,8,10-11H2,1-2H3. The van der Waals surface area contributed by atoms with E-state index in [1.165, 1.54) is 38.2 Å². The second-order valence-electron chi connectivity index (χ2n) is 5.97. The van der Waals surface area contributed by atoms with Gasteiger partial charge in [-0.3, -0.25) is 9.88 Å². The molecule has 3 heterocycles. The summed E-state index contributed by atoms with van der Waals surface area (Å²) in [5.74, 6) is 0.687. The van der Waals surface area contributed by atoms with Gasteiger partial charge in [-0.2, -0.15) is 0 Å². The molecule has 0 aliphatic carbocycles. The molecule has 0 spiro atoms. The lowest BCUT2D eigenvalue weighted by Gasteiger charge is -2.46. The summed E-state index contributed by atoms with van der Waals surface area (Å²) in [5.41, 5.74) is 1.29. The van der Waals surface area contributed by atoms with Gasteiger partial charge in [0.25, 0.3) is 0 Å². The van der Waals surface area contributed by atoms with E-state index in [1.807, 2.05) is 18.5 Å². The molecule has 0 N–H and O–H groups in total. The summed E-state index contributed by atoms with van der Waals surface area (Å²) in [6.07, 6.45) is 6.61. The Morgan fingerprint density at radius 1 is 1.33 bits per heavy atom. The average molecular weight is 245 g/mol. The van der Waals surface area contributed by atoms with Crippen molar-refractivity contribution in [2.24, 2.45) is 5.92 Å². The second-order valence-corrected chi connectivity index (χ2v) is 5.97. The Balaban J connectivity index is 1.85. The fourth-order valence-corrected chi connectivity index (χ4v) is 3.43. The number of aromatic nitrogens is 1. The minimum Gasteiger partial charge on any atom is -0.364 e. The Morgan fingerprint density at radius 3 is 2.94 bits per heavy atom. The van der Waals surface area contributed by atoms with Crippen molar-refractivity contribution < 1.29 is 0 Å². The summed E-state index contributed by atoms with van der Waals surface area (Å²) >= 11 is 0. The van der Waals surface area contributed by atoms with Crippen molar-refractivity contribution >= 4 is 5.69 Å². The molecule has 2 unspecified atom stereocenters. The summed E-state index contributed by atoms with van der Waals surface area (Å²) in [6.45, 7) is 8.37. The van der Waals surface area contributed by atoms with Crippen molar-refractivity contribution in [1.29, 1.82) is 0 Å². The van der Waals surface area contributed by atoms with Crippen molar-refractivity contribution in [3.8, 4) is 0 Å². The van der Waals surface area contributed by atoms with Crippen LogP contribution in [-0.2, 0) is 0 Å². The summed E-state index contributed by atoms with van der Waals surface area (Å²) in [6, 6.07) is 5.64. The number of fused-ring (bicyclic) bond motifs is 1. The molecule has 0 amide bonds. The van der Waals surface area contributed by atoms with Crippen LogP contribution in [-0.4, -0.2) is 41.6 Å². The van der Waals surface area contributed by atoms with Crippen molar-refractivity contribution in [2.75, 3.05) is 24.5 Å². The monoisotopic (exact) mass is 245 g/mol. The molecule has 18 heavy (non-hydrogen) atoms. The van der Waals surface area contributed by atoms with Crippen LogP contribution in [0.15, 0.2) is 24.5 Å². The van der Waals surface area contributed by atoms with Crippen molar-refractivity contribution in [3.05, 3.63) is 24.5 Å². The Bertz CT molecular complexity index is 390. The van der Waals surface area contributed by atoms with Gasteiger partial charge < -0.3 is 4.90 Å². The van der Waals surface area contributed by atoms with Gasteiger partial charge in [-0.25, -0.2) is 0 Å². The highest BCUT2D eigenvalue weighted by molar-refractivity contribution is 5.46. The number of piperazine rings is 1. The van der Waals surface area contributed by atoms with Crippen molar-refractivity contribution in [2.45, 2.75) is 38.8 Å². The highest BCUT2D eigenvalue weighted by Gasteiger charge is 2.37. The molecule has 0 radical (unpaired) electrons. The summed E-state index contributed by atoms with van der Waals surface area (Å²) < 4.78 is 0. The van der Waals surface area contributed by atoms with Crippen LogP contribution in [0, 0.1) is 5.92 Å². The maximum absolute atomic E-state index is 4.28. The van der Waals surface area contributed by atoms with E-state index in [4.69, 9.17) is 0 Å². The predicted octanol–water partition coefficient (Wildman–Crippen LogP) is 2.39. The maximum atomic E-state index is 4.28. The molecular weight excluding hydrogens is 222 g/mol. The highest BCUT2D eigenvalue weighted by Crippen LogP contribution is 2.30. The fourth-order valence-electron chi connectivity index (χ4n) is 3.43. The van der Waals surface area contributed by atoms with Gasteiger partial charge in [-0.1, -0.05) is 13.8 Å². The first kappa shape index (κ1) is 12.0. The molecule has 1 aromatic heterocycles. The van der Waals surface area contributed by atoms with Gasteiger partial charge in [0.05, 0.1) is 11.9 Å². The zero-order chi connectivity index (χ0) is 12.5. The van der Waals surface area contributed by atoms with Crippen LogP contribution in [0.1, 0.15) is 26.7 Å². The second kappa shape index (κ2) is 4.88. The van der Waals surface area contributed by atoms with E-state index in [-0.39, 0.29) is 0 Å². The van der Waals surface area contributed by atoms with Crippen LogP contribution in [0.3, 0.4) is 0 Å². The fraction of sp³-hybridized carbons (Fsp3) is 0.667. The number of hydrogen-bond acceptors (Lipinski definition) is 3. The number of anilines is 1. The molecule has 2 atom stereocenters. The van der Waals surface area contributed by atoms with E-state index in [1.54, 1.807) is 0 Å². The Hall–Kier alpha value is -1.09. The van der Waals surface area contributed by atoms with E-state index in [0.717, 1.165) is 6.04 Å². The van der Waals surface area contributed by atoms with Crippen molar-refractivity contribution in [1.82, 2.24) is 9.88 Å². The maximum Gasteiger partial charge on any atom is 0.0556 e. The first-order chi connectivity index (χ1) is 8.75. The predicted molar refractivity (Wildman–Crippen MR) is 74.8 cm³/mol. The van der Waals surface area contributed by atoms with E-state index in [9.17, 15) is 0 Å². The van der Waals surface area contributed by atoms with Crippen LogP contribution >= 0.6 is 0 Å². The summed E-state index contributed by atoms with van der Waals surface area (Å²) in [7, 11) is 0. The minimum absolute atomic E-state index is 0.628. The molecule has 2 saturated heterocycles. The molecule has 0 saturated carbocycles. The van der Waals surface area contributed by atoms with Crippen LogP contribution < -0.4 is 4.90 Å². The number of rotatable bonds is 2. The van der Waals surface area contributed by atoms with Crippen LogP contribution in [0.25, 0.3) is 0 Å². The lowest BCUT2D eigenvalue weighted by atomic mass is 9.97. The van der Waals surface area contributed by atoms with Gasteiger partial charge in [-0.05, 0) is 37.4 Å². The Kier molecular flexibility index (Phi) is 3.25. The largest absolute Gasteiger partial charge is 0.364 e. The third-order valence-corrected chi connectivity index (χ3v) is 4.48. The molecule has 2 aliphatic rings. The van der Waals surface area contributed by atoms with E-state index < -0.39 is 0 Å². The molecule has 2 fully saturated rings. The van der Waals surface area contributed by atoms with Gasteiger partial charge in [0.1, 0.15) is 0 Å². The third kappa shape index (κ3) is 2.12. The third-order valence-electron chi connectivity index (χ3n) is 4.48. The van der Waals surface area contributed by atoms with E-state index in [2.05, 4.69) is 34.7 Å². The Morgan fingerprint density at radius 2 is 2.22 bits per heavy atom. The molecule has 0 bridgehead atoms. The lowest BCUT2D eigenvalue weighted by Crippen LogP contribution is -2.58. The van der Waals surface area contributed by atoms with Gasteiger partial charge in [-0.15, -0.1) is 0 Å². The quantitative estimate of drug-likeness (QED) is 0.797. The van der Waals surface area contributed by atoms with Crippen molar-refractivity contribution in [3.63, 3.8) is 0 Å². The van der Waals surface area contributed by atoms with Crippen LogP contribution in [0.5, 0.6) is 0 Å². The smallest absolute Gasteiger partial charge is 0.0556 e. The number of pyridine rings is 1. The molecule has 3 rings (SSSR count). The Labute approximate surface area is 110 Å².